The van der Waals surface area contributed by atoms with Crippen LogP contribution in [0.5, 0.6) is 11.6 Å². The van der Waals surface area contributed by atoms with Crippen molar-refractivity contribution < 1.29 is 4.74 Å². The Kier molecular flexibility index (Phi) is 6.42. The van der Waals surface area contributed by atoms with Crippen LogP contribution in [-0.2, 0) is 12.5 Å². The van der Waals surface area contributed by atoms with E-state index in [1.165, 1.54) is 11.9 Å². The Balaban J connectivity index is 1.87. The molecule has 6 nitrogen and oxygen atoms in total. The molecule has 2 aromatic heterocycles. The van der Waals surface area contributed by atoms with Gasteiger partial charge in [0, 0.05) is 24.4 Å². The lowest BCUT2D eigenvalue weighted by Crippen LogP contribution is -2.17. The third kappa shape index (κ3) is 5.20. The predicted molar refractivity (Wildman–Crippen MR) is 135 cm³/mol. The van der Waals surface area contributed by atoms with Gasteiger partial charge >= 0.3 is 0 Å². The van der Waals surface area contributed by atoms with Crippen molar-refractivity contribution in [1.29, 1.82) is 0 Å². The topological polar surface area (TPSA) is 64.9 Å². The molecule has 0 atom stereocenters. The van der Waals surface area contributed by atoms with Gasteiger partial charge in [0.05, 0.1) is 16.8 Å². The Bertz CT molecular complexity index is 1280. The van der Waals surface area contributed by atoms with E-state index in [0.29, 0.717) is 11.8 Å². The number of hydrogen-bond donors (Lipinski definition) is 1. The van der Waals surface area contributed by atoms with Crippen LogP contribution in [0.1, 0.15) is 37.5 Å². The molecule has 170 valence electrons. The van der Waals surface area contributed by atoms with Crippen molar-refractivity contribution in [3.63, 3.8) is 0 Å². The van der Waals surface area contributed by atoms with E-state index in [1.807, 2.05) is 56.6 Å². The summed E-state index contributed by atoms with van der Waals surface area (Å²) in [5, 5.41) is 4.23. The summed E-state index contributed by atoms with van der Waals surface area (Å²) >= 11 is 1.42. The molecule has 0 amide bonds. The highest BCUT2D eigenvalue weighted by Crippen LogP contribution is 2.41. The van der Waals surface area contributed by atoms with Crippen molar-refractivity contribution in [2.24, 2.45) is 7.05 Å². The molecule has 0 unspecified atom stereocenters. The molecule has 0 radical (unpaired) electrons. The number of rotatable bonds is 6. The second kappa shape index (κ2) is 9.27. The van der Waals surface area contributed by atoms with E-state index in [9.17, 15) is 0 Å². The fourth-order valence-electron chi connectivity index (χ4n) is 3.60. The van der Waals surface area contributed by atoms with Gasteiger partial charge in [-0.05, 0) is 48.4 Å². The van der Waals surface area contributed by atoms with Crippen molar-refractivity contribution in [3.05, 3.63) is 77.6 Å². The predicted octanol–water partition coefficient (Wildman–Crippen LogP) is 6.70. The highest BCUT2D eigenvalue weighted by Gasteiger charge is 2.28. The molecular formula is C26H29N5OS. The van der Waals surface area contributed by atoms with Crippen molar-refractivity contribution in [2.75, 3.05) is 4.72 Å². The highest BCUT2D eigenvalue weighted by molar-refractivity contribution is 8.00. The van der Waals surface area contributed by atoms with Crippen molar-refractivity contribution in [1.82, 2.24) is 19.7 Å². The number of benzene rings is 2. The Morgan fingerprint density at radius 1 is 0.939 bits per heavy atom. The smallest absolute Gasteiger partial charge is 0.237 e. The number of nitrogens with one attached hydrogen (secondary N) is 1. The van der Waals surface area contributed by atoms with Gasteiger partial charge in [-0.15, -0.1) is 0 Å². The second-order valence-corrected chi connectivity index (χ2v) is 9.94. The maximum Gasteiger partial charge on any atom is 0.237 e. The van der Waals surface area contributed by atoms with Crippen LogP contribution in [-0.4, -0.2) is 19.7 Å². The Hall–Kier alpha value is -3.32. The average molecular weight is 460 g/mol. The number of para-hydroxylation sites is 1. The highest BCUT2D eigenvalue weighted by atomic mass is 32.2. The molecule has 0 fully saturated rings. The zero-order valence-electron chi connectivity index (χ0n) is 19.9. The van der Waals surface area contributed by atoms with Gasteiger partial charge in [-0.25, -0.2) is 4.98 Å². The first-order valence-corrected chi connectivity index (χ1v) is 11.7. The molecule has 0 aliphatic carbocycles. The molecule has 4 rings (SSSR count). The number of aromatic nitrogens is 4. The minimum atomic E-state index is -0.245. The van der Waals surface area contributed by atoms with Crippen LogP contribution in [0.3, 0.4) is 0 Å². The molecule has 0 saturated carbocycles. The number of aryl methyl sites for hydroxylation is 3. The zero-order chi connectivity index (χ0) is 23.6. The van der Waals surface area contributed by atoms with Gasteiger partial charge in [-0.1, -0.05) is 63.2 Å². The summed E-state index contributed by atoms with van der Waals surface area (Å²) < 4.78 is 11.5. The molecule has 1 N–H and O–H groups in total. The van der Waals surface area contributed by atoms with Crippen LogP contribution in [0, 0.1) is 13.8 Å². The Morgan fingerprint density at radius 2 is 1.64 bits per heavy atom. The lowest BCUT2D eigenvalue weighted by atomic mass is 9.84. The molecule has 0 aliphatic heterocycles. The van der Waals surface area contributed by atoms with E-state index in [4.69, 9.17) is 14.7 Å². The summed E-state index contributed by atoms with van der Waals surface area (Å²) in [7, 11) is 1.89. The van der Waals surface area contributed by atoms with Crippen LogP contribution < -0.4 is 9.46 Å². The van der Waals surface area contributed by atoms with Gasteiger partial charge < -0.3 is 4.74 Å². The minimum Gasteiger partial charge on any atom is -0.438 e. The first-order valence-electron chi connectivity index (χ1n) is 10.9. The van der Waals surface area contributed by atoms with Gasteiger partial charge in [0.25, 0.3) is 0 Å². The molecule has 33 heavy (non-hydrogen) atoms. The SMILES string of the molecule is Cc1ccccc1Oc1nc(NSc2cnn(C)c2)nc(-c2ccccc2C)c1C(C)(C)C. The van der Waals surface area contributed by atoms with Gasteiger partial charge in [0.15, 0.2) is 0 Å². The Morgan fingerprint density at radius 3 is 2.27 bits per heavy atom. The summed E-state index contributed by atoms with van der Waals surface area (Å²) in [5.41, 5.74) is 4.85. The van der Waals surface area contributed by atoms with Crippen LogP contribution >= 0.6 is 11.9 Å². The van der Waals surface area contributed by atoms with Crippen LogP contribution in [0.15, 0.2) is 65.8 Å². The Labute approximate surface area is 199 Å². The molecule has 0 saturated heterocycles. The normalized spacial score (nSPS) is 11.5. The fourth-order valence-corrected chi connectivity index (χ4v) is 4.21. The van der Waals surface area contributed by atoms with E-state index in [1.54, 1.807) is 10.9 Å². The number of hydrogen-bond acceptors (Lipinski definition) is 6. The maximum atomic E-state index is 6.45. The molecule has 7 heteroatoms. The van der Waals surface area contributed by atoms with Gasteiger partial charge in [0.1, 0.15) is 5.75 Å². The summed E-state index contributed by atoms with van der Waals surface area (Å²) in [6.07, 6.45) is 3.74. The third-order valence-electron chi connectivity index (χ3n) is 5.27. The monoisotopic (exact) mass is 459 g/mol. The van der Waals surface area contributed by atoms with Gasteiger partial charge in [0.2, 0.25) is 11.8 Å². The summed E-state index contributed by atoms with van der Waals surface area (Å²) in [6, 6.07) is 16.3. The number of ether oxygens (including phenoxy) is 1. The minimum absolute atomic E-state index is 0.245. The van der Waals surface area contributed by atoms with Crippen molar-refractivity contribution in [2.45, 2.75) is 44.9 Å². The van der Waals surface area contributed by atoms with Gasteiger partial charge in [-0.2, -0.15) is 10.1 Å². The first-order chi connectivity index (χ1) is 15.7. The van der Waals surface area contributed by atoms with Crippen LogP contribution in [0.4, 0.5) is 5.95 Å². The molecule has 2 aromatic carbocycles. The second-order valence-electron chi connectivity index (χ2n) is 9.06. The quantitative estimate of drug-likeness (QED) is 0.324. The molecule has 2 heterocycles. The number of nitrogens with zero attached hydrogens (tertiary/aromatic N) is 4. The lowest BCUT2D eigenvalue weighted by molar-refractivity contribution is 0.434. The largest absolute Gasteiger partial charge is 0.438 e. The molecule has 4 aromatic rings. The maximum absolute atomic E-state index is 6.45. The van der Waals surface area contributed by atoms with Crippen molar-refractivity contribution in [3.8, 4) is 22.9 Å². The average Bonchev–Trinajstić information content (AvgIpc) is 3.18. The summed E-state index contributed by atoms with van der Waals surface area (Å²) in [4.78, 5) is 10.8. The number of anilines is 1. The summed E-state index contributed by atoms with van der Waals surface area (Å²) in [5.74, 6) is 1.82. The van der Waals surface area contributed by atoms with Crippen LogP contribution in [0.25, 0.3) is 11.3 Å². The van der Waals surface area contributed by atoms with E-state index in [2.05, 4.69) is 49.6 Å². The van der Waals surface area contributed by atoms with E-state index >= 15 is 0 Å². The fraction of sp³-hybridized carbons (Fsp3) is 0.269. The summed E-state index contributed by atoms with van der Waals surface area (Å²) in [6.45, 7) is 10.6. The van der Waals surface area contributed by atoms with E-state index in [0.717, 1.165) is 38.6 Å². The van der Waals surface area contributed by atoms with Crippen molar-refractivity contribution >= 4 is 17.9 Å². The van der Waals surface area contributed by atoms with E-state index in [-0.39, 0.29) is 5.41 Å². The third-order valence-corrected chi connectivity index (χ3v) is 6.00. The lowest BCUT2D eigenvalue weighted by Gasteiger charge is -2.26. The van der Waals surface area contributed by atoms with E-state index < -0.39 is 0 Å². The molecular weight excluding hydrogens is 430 g/mol. The zero-order valence-corrected chi connectivity index (χ0v) is 20.7. The molecule has 0 spiro atoms. The molecule has 0 aliphatic rings. The van der Waals surface area contributed by atoms with Gasteiger partial charge in [-0.3, -0.25) is 9.40 Å². The standard InChI is InChI=1S/C26H29N5OS/c1-17-11-7-9-13-20(17)23-22(26(3,4)5)24(32-21-14-10-8-12-18(21)2)29-25(28-23)30-33-19-15-27-31(6)16-19/h7-16H,1-6H3,(H,28,29,30). The first kappa shape index (κ1) is 22.9. The van der Waals surface area contributed by atoms with Crippen LogP contribution in [0.2, 0.25) is 0 Å². The molecule has 0 bridgehead atoms.